The number of allylic oxidation sites excluding steroid dienone is 18. The third-order valence-electron chi connectivity index (χ3n) is 13.6. The summed E-state index contributed by atoms with van der Waals surface area (Å²) in [7, 11) is 1.47. The minimum atomic E-state index is -4.39. The molecule has 10 heteroatoms. The van der Waals surface area contributed by atoms with Crippen LogP contribution >= 0.6 is 7.82 Å². The second-order valence-electron chi connectivity index (χ2n) is 22.4. The Kier molecular flexibility index (Phi) is 56.8. The lowest BCUT2D eigenvalue weighted by Gasteiger charge is -2.24. The minimum absolute atomic E-state index is 0.0286. The van der Waals surface area contributed by atoms with Gasteiger partial charge in [-0.05, 0) is 83.5 Å². The van der Waals surface area contributed by atoms with E-state index in [9.17, 15) is 19.0 Å². The molecular formula is C69H121NO8P+. The van der Waals surface area contributed by atoms with Crippen LogP contribution in [0.25, 0.3) is 0 Å². The van der Waals surface area contributed by atoms with Crippen molar-refractivity contribution in [2.75, 3.05) is 47.5 Å². The van der Waals surface area contributed by atoms with E-state index in [0.29, 0.717) is 17.4 Å². The van der Waals surface area contributed by atoms with Gasteiger partial charge in [0.25, 0.3) is 0 Å². The van der Waals surface area contributed by atoms with Crippen molar-refractivity contribution in [3.05, 3.63) is 109 Å². The van der Waals surface area contributed by atoms with Crippen LogP contribution in [0.15, 0.2) is 109 Å². The summed E-state index contributed by atoms with van der Waals surface area (Å²) in [5, 5.41) is 0. The number of rotatable bonds is 58. The van der Waals surface area contributed by atoms with Crippen LogP contribution in [-0.2, 0) is 32.7 Å². The fourth-order valence-corrected chi connectivity index (χ4v) is 9.40. The summed E-state index contributed by atoms with van der Waals surface area (Å²) in [6, 6.07) is 0. The lowest BCUT2D eigenvalue weighted by molar-refractivity contribution is -0.870. The first-order valence-corrected chi connectivity index (χ1v) is 33.6. The van der Waals surface area contributed by atoms with Gasteiger partial charge in [0.2, 0.25) is 0 Å². The quantitative estimate of drug-likeness (QED) is 0.0211. The number of carbonyl (C=O) groups excluding carboxylic acids is 2. The van der Waals surface area contributed by atoms with E-state index in [4.69, 9.17) is 18.5 Å². The molecule has 0 rings (SSSR count). The van der Waals surface area contributed by atoms with Crippen LogP contribution in [0, 0.1) is 0 Å². The van der Waals surface area contributed by atoms with Crippen LogP contribution < -0.4 is 0 Å². The maximum atomic E-state index is 12.8. The molecule has 0 saturated carbocycles. The highest BCUT2D eigenvalue weighted by atomic mass is 31.2. The molecular weight excluding hydrogens is 1000 g/mol. The molecule has 0 aliphatic rings. The number of hydrogen-bond donors (Lipinski definition) is 1. The first kappa shape index (κ1) is 75.7. The van der Waals surface area contributed by atoms with Gasteiger partial charge in [-0.1, -0.05) is 277 Å². The molecule has 0 amide bonds. The predicted molar refractivity (Wildman–Crippen MR) is 339 cm³/mol. The summed E-state index contributed by atoms with van der Waals surface area (Å²) >= 11 is 0. The fraction of sp³-hybridized carbons (Fsp3) is 0.710. The van der Waals surface area contributed by atoms with Crippen molar-refractivity contribution in [1.29, 1.82) is 0 Å². The van der Waals surface area contributed by atoms with E-state index < -0.39 is 26.5 Å². The highest BCUT2D eigenvalue weighted by Gasteiger charge is 2.27. The maximum absolute atomic E-state index is 12.8. The second-order valence-corrected chi connectivity index (χ2v) is 23.9. The molecule has 0 radical (unpaired) electrons. The van der Waals surface area contributed by atoms with E-state index in [1.54, 1.807) is 0 Å². The number of carbonyl (C=O) groups is 2. The Bertz CT molecular complexity index is 1700. The van der Waals surface area contributed by atoms with E-state index in [1.807, 2.05) is 21.1 Å². The fourth-order valence-electron chi connectivity index (χ4n) is 8.66. The summed E-state index contributed by atoms with van der Waals surface area (Å²) in [6.45, 7) is 4.33. The Morgan fingerprint density at radius 1 is 0.405 bits per heavy atom. The van der Waals surface area contributed by atoms with Crippen molar-refractivity contribution in [1.82, 2.24) is 0 Å². The van der Waals surface area contributed by atoms with E-state index in [-0.39, 0.29) is 32.0 Å². The van der Waals surface area contributed by atoms with E-state index in [1.165, 1.54) is 128 Å². The number of quaternary nitrogens is 1. The van der Waals surface area contributed by atoms with Crippen LogP contribution in [0.2, 0.25) is 0 Å². The highest BCUT2D eigenvalue weighted by Crippen LogP contribution is 2.43. The van der Waals surface area contributed by atoms with Crippen molar-refractivity contribution >= 4 is 19.8 Å². The summed E-state index contributed by atoms with van der Waals surface area (Å²) in [6.07, 6.45) is 83.1. The summed E-state index contributed by atoms with van der Waals surface area (Å²) < 4.78 is 34.6. The average molecular weight is 1120 g/mol. The molecule has 0 aromatic carbocycles. The van der Waals surface area contributed by atoms with Crippen molar-refractivity contribution in [3.63, 3.8) is 0 Å². The summed E-state index contributed by atoms with van der Waals surface area (Å²) in [5.74, 6) is -0.797. The number of unbranched alkanes of at least 4 members (excludes halogenated alkanes) is 26. The molecule has 9 nitrogen and oxygen atoms in total. The lowest BCUT2D eigenvalue weighted by Crippen LogP contribution is -2.37. The Morgan fingerprint density at radius 2 is 0.722 bits per heavy atom. The molecule has 0 saturated heterocycles. The first-order valence-electron chi connectivity index (χ1n) is 32.1. The van der Waals surface area contributed by atoms with Crippen molar-refractivity contribution < 1.29 is 42.1 Å². The Labute approximate surface area is 486 Å². The molecule has 0 fully saturated rings. The van der Waals surface area contributed by atoms with Crippen LogP contribution in [0.1, 0.15) is 264 Å². The SMILES string of the molecule is CC/C=C\C/C=C\C/C=C\C/C=C\C/C=C\C/C=C\C/C=C\C/C=C\C/C=C\CCCCCCCCCCCCCC(=O)OC(COC(=O)CCCCCCCCCCCCCCCCCC)COP(=O)(O)OCC[N+](C)(C)C. The van der Waals surface area contributed by atoms with Crippen molar-refractivity contribution in [2.24, 2.45) is 0 Å². The summed E-state index contributed by atoms with van der Waals surface area (Å²) in [4.78, 5) is 35.7. The van der Waals surface area contributed by atoms with E-state index in [2.05, 4.69) is 123 Å². The molecule has 0 bridgehead atoms. The van der Waals surface area contributed by atoms with Gasteiger partial charge >= 0.3 is 19.8 Å². The Hall–Kier alpha value is -3.33. The number of phosphoric acid groups is 1. The van der Waals surface area contributed by atoms with Gasteiger partial charge in [-0.15, -0.1) is 0 Å². The Balaban J connectivity index is 4.07. The smallest absolute Gasteiger partial charge is 0.462 e. The van der Waals surface area contributed by atoms with Gasteiger partial charge in [0.05, 0.1) is 27.7 Å². The maximum Gasteiger partial charge on any atom is 0.472 e. The highest BCUT2D eigenvalue weighted by molar-refractivity contribution is 7.47. The monoisotopic (exact) mass is 1120 g/mol. The van der Waals surface area contributed by atoms with Gasteiger partial charge in [-0.2, -0.15) is 0 Å². The molecule has 0 spiro atoms. The normalized spacial score (nSPS) is 13.9. The number of likely N-dealkylation sites (N-methyl/N-ethyl adjacent to an activating group) is 1. The molecule has 0 aliphatic carbocycles. The number of nitrogens with zero attached hydrogens (tertiary/aromatic N) is 1. The summed E-state index contributed by atoms with van der Waals surface area (Å²) in [5.41, 5.74) is 0. The zero-order chi connectivity index (χ0) is 57.7. The third kappa shape index (κ3) is 63.7. The molecule has 454 valence electrons. The molecule has 0 heterocycles. The second kappa shape index (κ2) is 59.3. The third-order valence-corrected chi connectivity index (χ3v) is 14.6. The standard InChI is InChI=1S/C69H120NO8P/c1-6-8-10-12-14-16-18-20-22-24-25-26-27-28-29-30-31-32-33-34-35-36-37-38-39-40-41-42-43-44-45-46-48-50-52-54-56-58-60-62-69(72)78-67(66-77-79(73,74)76-64-63-70(3,4)5)65-75-68(71)61-59-57-55-53-51-49-47-23-21-19-17-15-13-11-9-7-2/h8,10,14,16,20,22,25-26,28-29,31-32,34-35,37-38,40-41,67H,6-7,9,11-13,15,17-19,21,23-24,27,30,33,36,39,42-66H2,1-5H3/p+1/b10-8-,16-14-,22-20-,26-25-,29-28-,32-31-,35-34-,38-37-,41-40-. The van der Waals surface area contributed by atoms with Gasteiger partial charge in [0, 0.05) is 12.8 Å². The molecule has 0 aliphatic heterocycles. The van der Waals surface area contributed by atoms with E-state index >= 15 is 0 Å². The topological polar surface area (TPSA) is 108 Å². The number of esters is 2. The predicted octanol–water partition coefficient (Wildman–Crippen LogP) is 20.5. The molecule has 0 aromatic rings. The zero-order valence-corrected chi connectivity index (χ0v) is 52.5. The van der Waals surface area contributed by atoms with Crippen LogP contribution in [-0.4, -0.2) is 74.9 Å². The number of hydrogen-bond acceptors (Lipinski definition) is 7. The number of phosphoric ester groups is 1. The molecule has 2 unspecified atom stereocenters. The van der Waals surface area contributed by atoms with Crippen LogP contribution in [0.5, 0.6) is 0 Å². The van der Waals surface area contributed by atoms with Gasteiger partial charge in [-0.3, -0.25) is 18.6 Å². The molecule has 79 heavy (non-hydrogen) atoms. The first-order chi connectivity index (χ1) is 38.5. The van der Waals surface area contributed by atoms with Crippen LogP contribution in [0.3, 0.4) is 0 Å². The van der Waals surface area contributed by atoms with Gasteiger partial charge < -0.3 is 18.9 Å². The largest absolute Gasteiger partial charge is 0.472 e. The van der Waals surface area contributed by atoms with Crippen LogP contribution in [0.4, 0.5) is 0 Å². The van der Waals surface area contributed by atoms with Gasteiger partial charge in [-0.25, -0.2) is 4.57 Å². The number of ether oxygens (including phenoxy) is 2. The zero-order valence-electron chi connectivity index (χ0n) is 51.6. The molecule has 2 atom stereocenters. The van der Waals surface area contributed by atoms with E-state index in [0.717, 1.165) is 103 Å². The molecule has 0 aromatic heterocycles. The average Bonchev–Trinajstić information content (AvgIpc) is 3.41. The van der Waals surface area contributed by atoms with Crippen molar-refractivity contribution in [3.8, 4) is 0 Å². The Morgan fingerprint density at radius 3 is 1.08 bits per heavy atom. The van der Waals surface area contributed by atoms with Crippen molar-refractivity contribution in [2.45, 2.75) is 270 Å². The van der Waals surface area contributed by atoms with Gasteiger partial charge in [0.1, 0.15) is 19.8 Å². The lowest BCUT2D eigenvalue weighted by atomic mass is 10.0. The minimum Gasteiger partial charge on any atom is -0.462 e. The van der Waals surface area contributed by atoms with Gasteiger partial charge in [0.15, 0.2) is 6.10 Å². The molecule has 1 N–H and O–H groups in total.